The van der Waals surface area contributed by atoms with E-state index in [-0.39, 0.29) is 23.5 Å². The Hall–Kier alpha value is -1.55. The SMILES string of the molecule is COc1ccccc1[C@@H]1C[C@@H]1C(=O)N1C[C@H](C)OC(C)(C)C1. The molecule has 3 rings (SSSR count). The van der Waals surface area contributed by atoms with E-state index in [1.54, 1.807) is 7.11 Å². The third-order valence-corrected chi connectivity index (χ3v) is 4.53. The number of carbonyl (C=O) groups is 1. The summed E-state index contributed by atoms with van der Waals surface area (Å²) in [6.07, 6.45) is 1.02. The molecule has 1 aliphatic heterocycles. The predicted octanol–water partition coefficient (Wildman–Crippen LogP) is 2.82. The molecule has 1 heterocycles. The quantitative estimate of drug-likeness (QED) is 0.862. The van der Waals surface area contributed by atoms with E-state index in [0.717, 1.165) is 17.7 Å². The van der Waals surface area contributed by atoms with Crippen molar-refractivity contribution in [3.05, 3.63) is 29.8 Å². The molecule has 22 heavy (non-hydrogen) atoms. The molecule has 2 aliphatic rings. The molecule has 1 aromatic rings. The molecule has 2 fully saturated rings. The number of carbonyl (C=O) groups excluding carboxylic acids is 1. The second-order valence-electron chi connectivity index (χ2n) is 7.10. The first-order valence-corrected chi connectivity index (χ1v) is 8.01. The first-order chi connectivity index (χ1) is 10.4. The molecule has 0 N–H and O–H groups in total. The number of amides is 1. The smallest absolute Gasteiger partial charge is 0.226 e. The zero-order valence-electron chi connectivity index (χ0n) is 13.8. The van der Waals surface area contributed by atoms with Crippen molar-refractivity contribution in [3.8, 4) is 5.75 Å². The van der Waals surface area contributed by atoms with Crippen molar-refractivity contribution in [2.24, 2.45) is 5.92 Å². The van der Waals surface area contributed by atoms with E-state index in [0.29, 0.717) is 19.0 Å². The lowest BCUT2D eigenvalue weighted by Gasteiger charge is -2.41. The molecule has 0 aromatic heterocycles. The van der Waals surface area contributed by atoms with Crippen molar-refractivity contribution in [1.82, 2.24) is 4.90 Å². The monoisotopic (exact) mass is 303 g/mol. The normalized spacial score (nSPS) is 30.0. The highest BCUT2D eigenvalue weighted by Crippen LogP contribution is 2.51. The first-order valence-electron chi connectivity index (χ1n) is 8.01. The number of hydrogen-bond acceptors (Lipinski definition) is 3. The summed E-state index contributed by atoms with van der Waals surface area (Å²) >= 11 is 0. The summed E-state index contributed by atoms with van der Waals surface area (Å²) in [7, 11) is 1.68. The molecule has 0 bridgehead atoms. The maximum Gasteiger partial charge on any atom is 0.226 e. The van der Waals surface area contributed by atoms with E-state index in [9.17, 15) is 4.79 Å². The lowest BCUT2D eigenvalue weighted by molar-refractivity contribution is -0.159. The van der Waals surface area contributed by atoms with Gasteiger partial charge in [0.2, 0.25) is 5.91 Å². The van der Waals surface area contributed by atoms with Crippen molar-refractivity contribution in [3.63, 3.8) is 0 Å². The molecule has 4 nitrogen and oxygen atoms in total. The molecule has 1 amide bonds. The molecule has 1 aliphatic carbocycles. The number of benzene rings is 1. The zero-order chi connectivity index (χ0) is 15.9. The first kappa shape index (κ1) is 15.3. The van der Waals surface area contributed by atoms with Gasteiger partial charge in [-0.25, -0.2) is 0 Å². The summed E-state index contributed by atoms with van der Waals surface area (Å²) in [5.74, 6) is 1.54. The van der Waals surface area contributed by atoms with Gasteiger partial charge in [-0.3, -0.25) is 4.79 Å². The lowest BCUT2D eigenvalue weighted by Crippen LogP contribution is -2.54. The average molecular weight is 303 g/mol. The van der Waals surface area contributed by atoms with Crippen LogP contribution < -0.4 is 4.74 Å². The molecule has 3 atom stereocenters. The summed E-state index contributed by atoms with van der Waals surface area (Å²) in [5, 5.41) is 0. The Kier molecular flexibility index (Phi) is 3.89. The second kappa shape index (κ2) is 5.58. The van der Waals surface area contributed by atoms with Gasteiger partial charge in [0.1, 0.15) is 5.75 Å². The van der Waals surface area contributed by atoms with Gasteiger partial charge in [0.15, 0.2) is 0 Å². The Morgan fingerprint density at radius 3 is 2.77 bits per heavy atom. The van der Waals surface area contributed by atoms with E-state index < -0.39 is 0 Å². The van der Waals surface area contributed by atoms with Gasteiger partial charge in [-0.05, 0) is 44.7 Å². The number of para-hydroxylation sites is 1. The lowest BCUT2D eigenvalue weighted by atomic mass is 10.0. The molecule has 1 saturated carbocycles. The minimum Gasteiger partial charge on any atom is -0.496 e. The third-order valence-electron chi connectivity index (χ3n) is 4.53. The van der Waals surface area contributed by atoms with Crippen LogP contribution in [-0.4, -0.2) is 42.7 Å². The van der Waals surface area contributed by atoms with Crippen LogP contribution in [0.3, 0.4) is 0 Å². The highest BCUT2D eigenvalue weighted by atomic mass is 16.5. The maximum atomic E-state index is 12.8. The van der Waals surface area contributed by atoms with Crippen molar-refractivity contribution < 1.29 is 14.3 Å². The van der Waals surface area contributed by atoms with Crippen LogP contribution in [0.5, 0.6) is 5.75 Å². The number of methoxy groups -OCH3 is 1. The molecular formula is C18H25NO3. The summed E-state index contributed by atoms with van der Waals surface area (Å²) in [5.41, 5.74) is 0.895. The van der Waals surface area contributed by atoms with Crippen LogP contribution in [0.15, 0.2) is 24.3 Å². The third kappa shape index (κ3) is 2.98. The van der Waals surface area contributed by atoms with E-state index in [1.165, 1.54) is 0 Å². The summed E-state index contributed by atoms with van der Waals surface area (Å²) < 4.78 is 11.3. The minimum absolute atomic E-state index is 0.0937. The molecular weight excluding hydrogens is 278 g/mol. The van der Waals surface area contributed by atoms with Crippen molar-refractivity contribution in [1.29, 1.82) is 0 Å². The van der Waals surface area contributed by atoms with Gasteiger partial charge < -0.3 is 14.4 Å². The van der Waals surface area contributed by atoms with Gasteiger partial charge in [-0.2, -0.15) is 0 Å². The fourth-order valence-electron chi connectivity index (χ4n) is 3.64. The number of nitrogens with zero attached hydrogens (tertiary/aromatic N) is 1. The number of rotatable bonds is 3. The molecule has 1 saturated heterocycles. The van der Waals surface area contributed by atoms with Crippen molar-refractivity contribution in [2.45, 2.75) is 44.8 Å². The van der Waals surface area contributed by atoms with Gasteiger partial charge in [0.05, 0.1) is 18.8 Å². The van der Waals surface area contributed by atoms with Gasteiger partial charge in [-0.1, -0.05) is 18.2 Å². The summed E-state index contributed by atoms with van der Waals surface area (Å²) in [6, 6.07) is 8.02. The number of hydrogen-bond donors (Lipinski definition) is 0. The van der Waals surface area contributed by atoms with Gasteiger partial charge in [0, 0.05) is 19.0 Å². The van der Waals surface area contributed by atoms with Gasteiger partial charge >= 0.3 is 0 Å². The number of ether oxygens (including phenoxy) is 2. The van der Waals surface area contributed by atoms with E-state index in [1.807, 2.05) is 43.9 Å². The van der Waals surface area contributed by atoms with Crippen LogP contribution in [0, 0.1) is 5.92 Å². The minimum atomic E-state index is -0.262. The van der Waals surface area contributed by atoms with Crippen molar-refractivity contribution in [2.75, 3.05) is 20.2 Å². The van der Waals surface area contributed by atoms with E-state index in [4.69, 9.17) is 9.47 Å². The molecule has 1 aromatic carbocycles. The number of morpholine rings is 1. The van der Waals surface area contributed by atoms with Gasteiger partial charge in [0.25, 0.3) is 0 Å². The van der Waals surface area contributed by atoms with E-state index >= 15 is 0 Å². The average Bonchev–Trinajstić information content (AvgIpc) is 3.24. The Bertz CT molecular complexity index is 569. The molecule has 4 heteroatoms. The fraction of sp³-hybridized carbons (Fsp3) is 0.611. The van der Waals surface area contributed by atoms with Gasteiger partial charge in [-0.15, -0.1) is 0 Å². The van der Waals surface area contributed by atoms with Crippen molar-refractivity contribution >= 4 is 5.91 Å². The van der Waals surface area contributed by atoms with Crippen LogP contribution in [0.1, 0.15) is 38.7 Å². The topological polar surface area (TPSA) is 38.8 Å². The van der Waals surface area contributed by atoms with Crippen LogP contribution in [0.25, 0.3) is 0 Å². The summed E-state index contributed by atoms with van der Waals surface area (Å²) in [6.45, 7) is 7.50. The Morgan fingerprint density at radius 2 is 2.09 bits per heavy atom. The predicted molar refractivity (Wildman–Crippen MR) is 85.0 cm³/mol. The van der Waals surface area contributed by atoms with Crippen LogP contribution in [-0.2, 0) is 9.53 Å². The highest BCUT2D eigenvalue weighted by Gasteiger charge is 2.48. The fourth-order valence-corrected chi connectivity index (χ4v) is 3.64. The Balaban J connectivity index is 1.70. The zero-order valence-corrected chi connectivity index (χ0v) is 13.8. The Morgan fingerprint density at radius 1 is 1.36 bits per heavy atom. The molecule has 120 valence electrons. The molecule has 0 radical (unpaired) electrons. The Labute approximate surface area is 132 Å². The summed E-state index contributed by atoms with van der Waals surface area (Å²) in [4.78, 5) is 14.8. The molecule has 0 spiro atoms. The van der Waals surface area contributed by atoms with E-state index in [2.05, 4.69) is 6.07 Å². The molecule has 0 unspecified atom stereocenters. The van der Waals surface area contributed by atoms with Crippen LogP contribution >= 0.6 is 0 Å². The largest absolute Gasteiger partial charge is 0.496 e. The van der Waals surface area contributed by atoms with Crippen LogP contribution in [0.2, 0.25) is 0 Å². The standard InChI is InChI=1S/C18H25NO3/c1-12-10-19(11-18(2,3)22-12)17(20)15-9-14(15)13-7-5-6-8-16(13)21-4/h5-8,12,14-15H,9-11H2,1-4H3/t12-,14-,15-/m0/s1. The van der Waals surface area contributed by atoms with Crippen LogP contribution in [0.4, 0.5) is 0 Å². The highest BCUT2D eigenvalue weighted by molar-refractivity contribution is 5.83. The maximum absolute atomic E-state index is 12.8. The second-order valence-corrected chi connectivity index (χ2v) is 7.10.